The Labute approximate surface area is 118 Å². The van der Waals surface area contributed by atoms with Crippen LogP contribution in [0.5, 0.6) is 0 Å². The van der Waals surface area contributed by atoms with E-state index in [9.17, 15) is 48.3 Å². The zero-order valence-corrected chi connectivity index (χ0v) is 11.4. The molecule has 0 nitrogen and oxygen atoms in total. The Bertz CT molecular complexity index is 362. The van der Waals surface area contributed by atoms with E-state index in [1.807, 2.05) is 0 Å². The van der Waals surface area contributed by atoms with E-state index in [2.05, 4.69) is 0 Å². The second-order valence-electron chi connectivity index (χ2n) is 4.86. The average molecular weight is 354 g/mol. The van der Waals surface area contributed by atoms with Crippen LogP contribution in [0.1, 0.15) is 33.1 Å². The molecule has 0 amide bonds. The summed E-state index contributed by atoms with van der Waals surface area (Å²) >= 11 is 0. The summed E-state index contributed by atoms with van der Waals surface area (Å²) in [6.07, 6.45) is -23.4. The molecule has 22 heavy (non-hydrogen) atoms. The molecule has 0 bridgehead atoms. The second kappa shape index (κ2) is 6.03. The van der Waals surface area contributed by atoms with Crippen molar-refractivity contribution < 1.29 is 48.3 Å². The van der Waals surface area contributed by atoms with Crippen LogP contribution < -0.4 is 0 Å². The minimum atomic E-state index is -6.62. The van der Waals surface area contributed by atoms with Crippen molar-refractivity contribution in [1.29, 1.82) is 0 Å². The fraction of sp³-hybridized carbons (Fsp3) is 1.00. The predicted molar refractivity (Wildman–Crippen MR) is 54.2 cm³/mol. The SMILES string of the molecule is CCC(CC(CC)(C(F)(F)F)C(F)(F)C(F)(F)F)C(F)(F)F. The molecule has 0 aromatic rings. The first-order valence-corrected chi connectivity index (χ1v) is 6.06. The van der Waals surface area contributed by atoms with Crippen molar-refractivity contribution in [3.05, 3.63) is 0 Å². The molecule has 0 aliphatic carbocycles. The van der Waals surface area contributed by atoms with Gasteiger partial charge >= 0.3 is 24.5 Å². The molecule has 0 rings (SSSR count). The van der Waals surface area contributed by atoms with Gasteiger partial charge in [0.15, 0.2) is 0 Å². The maximum atomic E-state index is 13.4. The highest BCUT2D eigenvalue weighted by atomic mass is 19.4. The third-order valence-corrected chi connectivity index (χ3v) is 3.65. The van der Waals surface area contributed by atoms with E-state index in [0.717, 1.165) is 6.92 Å². The molecule has 0 aliphatic rings. The quantitative estimate of drug-likeness (QED) is 0.522. The number of halogens is 11. The normalized spacial score (nSPS) is 19.0. The van der Waals surface area contributed by atoms with E-state index in [4.69, 9.17) is 0 Å². The van der Waals surface area contributed by atoms with Gasteiger partial charge in [-0.3, -0.25) is 0 Å². The van der Waals surface area contributed by atoms with Crippen molar-refractivity contribution in [2.45, 2.75) is 57.6 Å². The van der Waals surface area contributed by atoms with E-state index >= 15 is 0 Å². The van der Waals surface area contributed by atoms with Crippen LogP contribution in [0.3, 0.4) is 0 Å². The summed E-state index contributed by atoms with van der Waals surface area (Å²) in [6, 6.07) is 0. The van der Waals surface area contributed by atoms with Crippen LogP contribution in [0.25, 0.3) is 0 Å². The standard InChI is InChI=1S/C11H13F11/c1-3-6(8(12,13)14)5-7(4-2,10(17,18)19)9(15,16)11(20,21)22/h6H,3-5H2,1-2H3. The van der Waals surface area contributed by atoms with E-state index < -0.39 is 55.0 Å². The molecule has 0 aromatic heterocycles. The smallest absolute Gasteiger partial charge is 0.195 e. The summed E-state index contributed by atoms with van der Waals surface area (Å²) in [5.41, 5.74) is -4.84. The summed E-state index contributed by atoms with van der Waals surface area (Å²) < 4.78 is 140. The molecule has 2 unspecified atom stereocenters. The van der Waals surface area contributed by atoms with Gasteiger partial charge < -0.3 is 0 Å². The molecule has 0 saturated carbocycles. The lowest BCUT2D eigenvalue weighted by Gasteiger charge is -2.43. The number of hydrogen-bond donors (Lipinski definition) is 0. The lowest BCUT2D eigenvalue weighted by molar-refractivity contribution is -0.392. The molecule has 11 heteroatoms. The van der Waals surface area contributed by atoms with Gasteiger partial charge in [-0.2, -0.15) is 48.3 Å². The molecule has 0 N–H and O–H groups in total. The molecule has 2 atom stereocenters. The largest absolute Gasteiger partial charge is 0.454 e. The number of hydrogen-bond acceptors (Lipinski definition) is 0. The fourth-order valence-corrected chi connectivity index (χ4v) is 2.17. The Morgan fingerprint density at radius 1 is 0.682 bits per heavy atom. The maximum absolute atomic E-state index is 13.4. The van der Waals surface area contributed by atoms with Crippen molar-refractivity contribution in [2.24, 2.45) is 11.3 Å². The fourth-order valence-electron chi connectivity index (χ4n) is 2.17. The van der Waals surface area contributed by atoms with Crippen molar-refractivity contribution in [1.82, 2.24) is 0 Å². The van der Waals surface area contributed by atoms with Crippen LogP contribution in [0.2, 0.25) is 0 Å². The topological polar surface area (TPSA) is 0 Å². The van der Waals surface area contributed by atoms with Crippen LogP contribution in [0, 0.1) is 11.3 Å². The summed E-state index contributed by atoms with van der Waals surface area (Å²) in [7, 11) is 0. The lowest BCUT2D eigenvalue weighted by atomic mass is 9.70. The average Bonchev–Trinajstić information content (AvgIpc) is 2.25. The van der Waals surface area contributed by atoms with Gasteiger partial charge in [0, 0.05) is 0 Å². The first-order chi connectivity index (χ1) is 9.48. The van der Waals surface area contributed by atoms with Gasteiger partial charge in [-0.15, -0.1) is 0 Å². The molecule has 0 fully saturated rings. The van der Waals surface area contributed by atoms with Gasteiger partial charge in [0.25, 0.3) is 0 Å². The molecular weight excluding hydrogens is 341 g/mol. The van der Waals surface area contributed by atoms with E-state index in [1.54, 1.807) is 0 Å². The molecular formula is C11H13F11. The van der Waals surface area contributed by atoms with Crippen LogP contribution in [0.15, 0.2) is 0 Å². The highest BCUT2D eigenvalue weighted by molar-refractivity contribution is 5.02. The van der Waals surface area contributed by atoms with Crippen molar-refractivity contribution in [2.75, 3.05) is 0 Å². The van der Waals surface area contributed by atoms with Crippen molar-refractivity contribution in [3.63, 3.8) is 0 Å². The molecule has 0 spiro atoms. The van der Waals surface area contributed by atoms with Gasteiger partial charge in [0.1, 0.15) is 5.41 Å². The first kappa shape index (κ1) is 21.2. The molecule has 0 saturated heterocycles. The van der Waals surface area contributed by atoms with Crippen LogP contribution in [0.4, 0.5) is 48.3 Å². The monoisotopic (exact) mass is 354 g/mol. The van der Waals surface area contributed by atoms with Gasteiger partial charge in [0.2, 0.25) is 0 Å². The highest BCUT2D eigenvalue weighted by Crippen LogP contribution is 2.61. The third-order valence-electron chi connectivity index (χ3n) is 3.65. The lowest BCUT2D eigenvalue weighted by Crippen LogP contribution is -2.60. The van der Waals surface area contributed by atoms with E-state index in [-0.39, 0.29) is 0 Å². The Hall–Kier alpha value is -0.770. The van der Waals surface area contributed by atoms with Gasteiger partial charge in [-0.1, -0.05) is 13.8 Å². The molecule has 0 radical (unpaired) electrons. The van der Waals surface area contributed by atoms with Crippen LogP contribution in [-0.4, -0.2) is 24.5 Å². The second-order valence-corrected chi connectivity index (χ2v) is 4.86. The molecule has 0 heterocycles. The Morgan fingerprint density at radius 2 is 1.09 bits per heavy atom. The van der Waals surface area contributed by atoms with Crippen molar-refractivity contribution in [3.8, 4) is 0 Å². The molecule has 0 aliphatic heterocycles. The summed E-state index contributed by atoms with van der Waals surface area (Å²) in [6.45, 7) is 1.12. The first-order valence-electron chi connectivity index (χ1n) is 6.06. The Balaban J connectivity index is 6.17. The van der Waals surface area contributed by atoms with Crippen molar-refractivity contribution >= 4 is 0 Å². The summed E-state index contributed by atoms with van der Waals surface area (Å²) in [4.78, 5) is 0. The van der Waals surface area contributed by atoms with Gasteiger partial charge in [0.05, 0.1) is 5.92 Å². The molecule has 134 valence electrons. The zero-order chi connectivity index (χ0) is 18.2. The Morgan fingerprint density at radius 3 is 1.27 bits per heavy atom. The summed E-state index contributed by atoms with van der Waals surface area (Å²) in [5.74, 6) is -9.27. The number of alkyl halides is 11. The van der Waals surface area contributed by atoms with Crippen LogP contribution >= 0.6 is 0 Å². The van der Waals surface area contributed by atoms with E-state index in [1.165, 1.54) is 0 Å². The zero-order valence-electron chi connectivity index (χ0n) is 11.4. The van der Waals surface area contributed by atoms with Crippen LogP contribution in [-0.2, 0) is 0 Å². The van der Waals surface area contributed by atoms with Gasteiger partial charge in [-0.05, 0) is 19.3 Å². The highest BCUT2D eigenvalue weighted by Gasteiger charge is 2.78. The van der Waals surface area contributed by atoms with E-state index in [0.29, 0.717) is 6.92 Å². The third kappa shape index (κ3) is 3.58. The Kier molecular flexibility index (Phi) is 5.82. The minimum absolute atomic E-state index is 0.357. The predicted octanol–water partition coefficient (Wildman–Crippen LogP) is 6.12. The maximum Gasteiger partial charge on any atom is 0.454 e. The molecule has 0 aromatic carbocycles. The number of rotatable bonds is 5. The van der Waals surface area contributed by atoms with Gasteiger partial charge in [-0.25, -0.2) is 0 Å². The summed E-state index contributed by atoms with van der Waals surface area (Å²) in [5, 5.41) is 0. The minimum Gasteiger partial charge on any atom is -0.195 e.